The molecule has 3 rings (SSSR count). The smallest absolute Gasteiger partial charge is 0.325 e. The van der Waals surface area contributed by atoms with Gasteiger partial charge in [0.05, 0.1) is 12.3 Å². The molecule has 10 heteroatoms. The topological polar surface area (TPSA) is 118 Å². The summed E-state index contributed by atoms with van der Waals surface area (Å²) in [5.74, 6) is -0.354. The Morgan fingerprint density at radius 1 is 1.38 bits per heavy atom. The first kappa shape index (κ1) is 16.5. The summed E-state index contributed by atoms with van der Waals surface area (Å²) in [5, 5.41) is 13.4. The fourth-order valence-corrected chi connectivity index (χ4v) is 3.99. The summed E-state index contributed by atoms with van der Waals surface area (Å²) in [6, 6.07) is 2.93. The van der Waals surface area contributed by atoms with Crippen molar-refractivity contribution in [2.24, 2.45) is 0 Å². The SMILES string of the molecule is CS(=O)(=O)N1CCC[C@H]1c1nc(-c2ccncc2)nn1CC(=O)O. The summed E-state index contributed by atoms with van der Waals surface area (Å²) < 4.78 is 26.6. The van der Waals surface area contributed by atoms with E-state index in [4.69, 9.17) is 5.11 Å². The zero-order valence-electron chi connectivity index (χ0n) is 13.0. The summed E-state index contributed by atoms with van der Waals surface area (Å²) >= 11 is 0. The van der Waals surface area contributed by atoms with Gasteiger partial charge >= 0.3 is 5.97 Å². The van der Waals surface area contributed by atoms with Gasteiger partial charge in [-0.25, -0.2) is 18.1 Å². The van der Waals surface area contributed by atoms with Gasteiger partial charge in [-0.1, -0.05) is 0 Å². The van der Waals surface area contributed by atoms with Gasteiger partial charge in [-0.3, -0.25) is 9.78 Å². The lowest BCUT2D eigenvalue weighted by Crippen LogP contribution is -2.31. The number of hydrogen-bond donors (Lipinski definition) is 1. The van der Waals surface area contributed by atoms with E-state index in [2.05, 4.69) is 15.1 Å². The van der Waals surface area contributed by atoms with Crippen LogP contribution in [0.15, 0.2) is 24.5 Å². The number of carboxylic acid groups (broad SMARTS) is 1. The fourth-order valence-electron chi connectivity index (χ4n) is 2.86. The number of pyridine rings is 1. The third-order valence-corrected chi connectivity index (χ3v) is 5.14. The van der Waals surface area contributed by atoms with E-state index in [1.54, 1.807) is 24.5 Å². The van der Waals surface area contributed by atoms with E-state index in [1.165, 1.54) is 8.99 Å². The van der Waals surface area contributed by atoms with Gasteiger partial charge in [0.1, 0.15) is 12.4 Å². The molecule has 1 saturated heterocycles. The number of hydrogen-bond acceptors (Lipinski definition) is 6. The first-order valence-electron chi connectivity index (χ1n) is 7.40. The molecule has 0 spiro atoms. The average molecular weight is 351 g/mol. The maximum atomic E-state index is 12.0. The summed E-state index contributed by atoms with van der Waals surface area (Å²) in [4.78, 5) is 19.5. The van der Waals surface area contributed by atoms with Crippen molar-refractivity contribution in [3.8, 4) is 11.4 Å². The van der Waals surface area contributed by atoms with Gasteiger partial charge in [0.2, 0.25) is 10.0 Å². The van der Waals surface area contributed by atoms with Crippen LogP contribution in [-0.2, 0) is 21.4 Å². The van der Waals surface area contributed by atoms with E-state index in [-0.39, 0.29) is 6.54 Å². The highest BCUT2D eigenvalue weighted by atomic mass is 32.2. The quantitative estimate of drug-likeness (QED) is 0.834. The molecule has 1 N–H and O–H groups in total. The lowest BCUT2D eigenvalue weighted by molar-refractivity contribution is -0.138. The molecular formula is C14H17N5O4S. The van der Waals surface area contributed by atoms with Crippen LogP contribution in [0.2, 0.25) is 0 Å². The molecule has 0 bridgehead atoms. The normalized spacial score (nSPS) is 18.8. The van der Waals surface area contributed by atoms with Crippen LogP contribution in [-0.4, -0.2) is 56.3 Å². The van der Waals surface area contributed by atoms with Crippen molar-refractivity contribution in [3.63, 3.8) is 0 Å². The van der Waals surface area contributed by atoms with Crippen molar-refractivity contribution in [3.05, 3.63) is 30.4 Å². The molecule has 0 aliphatic carbocycles. The van der Waals surface area contributed by atoms with E-state index < -0.39 is 22.0 Å². The highest BCUT2D eigenvalue weighted by molar-refractivity contribution is 7.88. The number of carboxylic acids is 1. The number of nitrogens with zero attached hydrogens (tertiary/aromatic N) is 5. The van der Waals surface area contributed by atoms with Crippen molar-refractivity contribution in [1.82, 2.24) is 24.1 Å². The largest absolute Gasteiger partial charge is 0.480 e. The van der Waals surface area contributed by atoms with Crippen LogP contribution in [0, 0.1) is 0 Å². The summed E-state index contributed by atoms with van der Waals surface area (Å²) in [6.07, 6.45) is 5.60. The highest BCUT2D eigenvalue weighted by Gasteiger charge is 2.36. The van der Waals surface area contributed by atoms with Crippen LogP contribution >= 0.6 is 0 Å². The van der Waals surface area contributed by atoms with E-state index in [0.29, 0.717) is 36.6 Å². The summed E-state index contributed by atoms with van der Waals surface area (Å²) in [5.41, 5.74) is 0.694. The molecule has 0 amide bonds. The van der Waals surface area contributed by atoms with Crippen molar-refractivity contribution in [2.75, 3.05) is 12.8 Å². The Hall–Kier alpha value is -2.33. The molecule has 1 fully saturated rings. The van der Waals surface area contributed by atoms with Gasteiger partial charge in [-0.15, -0.1) is 0 Å². The van der Waals surface area contributed by atoms with Crippen LogP contribution < -0.4 is 0 Å². The van der Waals surface area contributed by atoms with Crippen molar-refractivity contribution in [2.45, 2.75) is 25.4 Å². The summed E-state index contributed by atoms with van der Waals surface area (Å²) in [6.45, 7) is 0.0234. The third kappa shape index (κ3) is 3.29. The second kappa shape index (κ2) is 6.29. The van der Waals surface area contributed by atoms with Crippen LogP contribution in [0.25, 0.3) is 11.4 Å². The molecule has 9 nitrogen and oxygen atoms in total. The van der Waals surface area contributed by atoms with Gasteiger partial charge in [0.25, 0.3) is 0 Å². The van der Waals surface area contributed by atoms with Crippen LogP contribution in [0.3, 0.4) is 0 Å². The van der Waals surface area contributed by atoms with E-state index in [9.17, 15) is 13.2 Å². The van der Waals surface area contributed by atoms with Gasteiger partial charge in [-0.2, -0.15) is 9.40 Å². The second-order valence-electron chi connectivity index (χ2n) is 5.61. The van der Waals surface area contributed by atoms with Gasteiger partial charge in [0.15, 0.2) is 5.82 Å². The van der Waals surface area contributed by atoms with Gasteiger partial charge in [0, 0.05) is 24.5 Å². The molecule has 0 radical (unpaired) electrons. The molecule has 1 atom stereocenters. The minimum Gasteiger partial charge on any atom is -0.480 e. The van der Waals surface area contributed by atoms with E-state index in [1.807, 2.05) is 0 Å². The van der Waals surface area contributed by atoms with Crippen molar-refractivity contribution >= 4 is 16.0 Å². The Morgan fingerprint density at radius 3 is 2.71 bits per heavy atom. The predicted octanol–water partition coefficient (Wildman–Crippen LogP) is 0.521. The number of aromatic nitrogens is 4. The Bertz CT molecular complexity index is 849. The van der Waals surface area contributed by atoms with Crippen molar-refractivity contribution in [1.29, 1.82) is 0 Å². The predicted molar refractivity (Wildman–Crippen MR) is 84.4 cm³/mol. The molecule has 1 aliphatic heterocycles. The van der Waals surface area contributed by atoms with Crippen LogP contribution in [0.5, 0.6) is 0 Å². The monoisotopic (exact) mass is 351 g/mol. The van der Waals surface area contributed by atoms with Crippen LogP contribution in [0.4, 0.5) is 0 Å². The van der Waals surface area contributed by atoms with Gasteiger partial charge < -0.3 is 5.11 Å². The zero-order valence-corrected chi connectivity index (χ0v) is 13.8. The lowest BCUT2D eigenvalue weighted by atomic mass is 10.2. The number of aliphatic carboxylic acids is 1. The minimum atomic E-state index is -3.41. The second-order valence-corrected chi connectivity index (χ2v) is 7.55. The minimum absolute atomic E-state index is 0.354. The maximum Gasteiger partial charge on any atom is 0.325 e. The highest BCUT2D eigenvalue weighted by Crippen LogP contribution is 2.33. The molecule has 0 aromatic carbocycles. The van der Waals surface area contributed by atoms with E-state index >= 15 is 0 Å². The molecule has 2 aromatic heterocycles. The Morgan fingerprint density at radius 2 is 2.08 bits per heavy atom. The molecular weight excluding hydrogens is 334 g/mol. The standard InChI is InChI=1S/C14H17N5O4S/c1-24(22,23)19-8-2-3-11(19)14-16-13(10-4-6-15-7-5-10)17-18(14)9-12(20)21/h4-7,11H,2-3,8-9H2,1H3,(H,20,21)/t11-/m0/s1. The Kier molecular flexibility index (Phi) is 4.33. The maximum absolute atomic E-state index is 12.0. The molecule has 2 aromatic rings. The average Bonchev–Trinajstić information content (AvgIpc) is 3.13. The first-order chi connectivity index (χ1) is 11.4. The molecule has 1 aliphatic rings. The van der Waals surface area contributed by atoms with Crippen molar-refractivity contribution < 1.29 is 18.3 Å². The van der Waals surface area contributed by atoms with Crippen LogP contribution in [0.1, 0.15) is 24.7 Å². The van der Waals surface area contributed by atoms with Gasteiger partial charge in [-0.05, 0) is 25.0 Å². The number of sulfonamides is 1. The molecule has 128 valence electrons. The Balaban J connectivity index is 2.05. The summed E-state index contributed by atoms with van der Waals surface area (Å²) in [7, 11) is -3.41. The Labute approximate surface area is 139 Å². The number of carbonyl (C=O) groups is 1. The zero-order chi connectivity index (χ0) is 17.3. The third-order valence-electron chi connectivity index (χ3n) is 3.85. The molecule has 3 heterocycles. The number of rotatable bonds is 5. The first-order valence-corrected chi connectivity index (χ1v) is 9.25. The molecule has 0 saturated carbocycles. The molecule has 24 heavy (non-hydrogen) atoms. The van der Waals surface area contributed by atoms with E-state index in [0.717, 1.165) is 6.26 Å². The molecule has 0 unspecified atom stereocenters. The fraction of sp³-hybridized carbons (Fsp3) is 0.429. The lowest BCUT2D eigenvalue weighted by Gasteiger charge is -2.21.